The number of amides is 2. The SMILES string of the molecule is CC(C)(C)OC(=O)N1CCC(Nc2ccc(NC(=O)CC#N)cc2)CC1. The highest BCUT2D eigenvalue weighted by molar-refractivity contribution is 5.92. The van der Waals surface area contributed by atoms with Gasteiger partial charge in [-0.1, -0.05) is 0 Å². The summed E-state index contributed by atoms with van der Waals surface area (Å²) in [4.78, 5) is 25.2. The molecule has 1 saturated heterocycles. The average Bonchev–Trinajstić information content (AvgIpc) is 2.56. The lowest BCUT2D eigenvalue weighted by Gasteiger charge is -2.34. The maximum atomic E-state index is 12.1. The van der Waals surface area contributed by atoms with Gasteiger partial charge in [0.2, 0.25) is 5.91 Å². The van der Waals surface area contributed by atoms with Gasteiger partial charge in [0.15, 0.2) is 0 Å². The quantitative estimate of drug-likeness (QED) is 0.861. The molecule has 2 N–H and O–H groups in total. The summed E-state index contributed by atoms with van der Waals surface area (Å²) in [5.41, 5.74) is 1.14. The fraction of sp³-hybridized carbons (Fsp3) is 0.526. The number of hydrogen-bond donors (Lipinski definition) is 2. The second-order valence-electron chi connectivity index (χ2n) is 7.35. The number of carbonyl (C=O) groups is 2. The maximum absolute atomic E-state index is 12.1. The van der Waals surface area contributed by atoms with Crippen LogP contribution >= 0.6 is 0 Å². The molecule has 0 aliphatic carbocycles. The molecule has 1 aromatic carbocycles. The second kappa shape index (κ2) is 8.56. The summed E-state index contributed by atoms with van der Waals surface area (Å²) in [6.07, 6.45) is 1.28. The molecule has 140 valence electrons. The zero-order valence-electron chi connectivity index (χ0n) is 15.5. The molecule has 1 aliphatic heterocycles. The van der Waals surface area contributed by atoms with Crippen molar-refractivity contribution in [2.75, 3.05) is 23.7 Å². The number of hydrogen-bond acceptors (Lipinski definition) is 5. The van der Waals surface area contributed by atoms with Crippen molar-refractivity contribution in [3.63, 3.8) is 0 Å². The summed E-state index contributed by atoms with van der Waals surface area (Å²) < 4.78 is 5.40. The molecule has 0 aromatic heterocycles. The number of nitrogens with zero attached hydrogens (tertiary/aromatic N) is 2. The Hall–Kier alpha value is -2.75. The van der Waals surface area contributed by atoms with Crippen LogP contribution in [0.25, 0.3) is 0 Å². The van der Waals surface area contributed by atoms with Gasteiger partial charge in [-0.15, -0.1) is 0 Å². The molecule has 1 aliphatic rings. The van der Waals surface area contributed by atoms with Gasteiger partial charge in [0, 0.05) is 30.5 Å². The van der Waals surface area contributed by atoms with Crippen molar-refractivity contribution in [3.05, 3.63) is 24.3 Å². The van der Waals surface area contributed by atoms with E-state index in [2.05, 4.69) is 10.6 Å². The zero-order chi connectivity index (χ0) is 19.2. The van der Waals surface area contributed by atoms with Gasteiger partial charge in [-0.3, -0.25) is 4.79 Å². The molecule has 1 fully saturated rings. The van der Waals surface area contributed by atoms with Crippen molar-refractivity contribution < 1.29 is 14.3 Å². The molecular formula is C19H26N4O3. The van der Waals surface area contributed by atoms with E-state index in [1.54, 1.807) is 17.0 Å². The van der Waals surface area contributed by atoms with E-state index in [9.17, 15) is 9.59 Å². The zero-order valence-corrected chi connectivity index (χ0v) is 15.5. The molecule has 1 aromatic rings. The topological polar surface area (TPSA) is 94.5 Å². The molecule has 1 heterocycles. The Morgan fingerprint density at radius 1 is 1.19 bits per heavy atom. The highest BCUT2D eigenvalue weighted by Crippen LogP contribution is 2.20. The van der Waals surface area contributed by atoms with Crippen molar-refractivity contribution in [1.29, 1.82) is 5.26 Å². The smallest absolute Gasteiger partial charge is 0.410 e. The maximum Gasteiger partial charge on any atom is 0.410 e. The molecule has 0 spiro atoms. The van der Waals surface area contributed by atoms with E-state index in [0.717, 1.165) is 18.5 Å². The van der Waals surface area contributed by atoms with E-state index in [4.69, 9.17) is 10.00 Å². The summed E-state index contributed by atoms with van der Waals surface area (Å²) >= 11 is 0. The number of rotatable bonds is 4. The highest BCUT2D eigenvalue weighted by Gasteiger charge is 2.26. The standard InChI is InChI=1S/C19H26N4O3/c1-19(2,3)26-18(25)23-12-9-16(10-13-23)21-14-4-6-15(7-5-14)22-17(24)8-11-20/h4-7,16,21H,8-10,12-13H2,1-3H3,(H,22,24). The van der Waals surface area contributed by atoms with Crippen LogP contribution in [0.4, 0.5) is 16.2 Å². The normalized spacial score (nSPS) is 15.1. The van der Waals surface area contributed by atoms with E-state index in [1.807, 2.05) is 39.0 Å². The lowest BCUT2D eigenvalue weighted by molar-refractivity contribution is -0.115. The molecule has 7 heteroatoms. The summed E-state index contributed by atoms with van der Waals surface area (Å²) in [6.45, 7) is 6.92. The Balaban J connectivity index is 1.79. The first kappa shape index (κ1) is 19.6. The van der Waals surface area contributed by atoms with Crippen LogP contribution in [0, 0.1) is 11.3 Å². The molecule has 26 heavy (non-hydrogen) atoms. The van der Waals surface area contributed by atoms with Crippen LogP contribution in [0.3, 0.4) is 0 Å². The van der Waals surface area contributed by atoms with Crippen molar-refractivity contribution >= 4 is 23.4 Å². The minimum Gasteiger partial charge on any atom is -0.444 e. The third-order valence-corrected chi connectivity index (χ3v) is 3.93. The molecule has 0 unspecified atom stereocenters. The summed E-state index contributed by atoms with van der Waals surface area (Å²) in [6, 6.07) is 9.48. The van der Waals surface area contributed by atoms with E-state index in [0.29, 0.717) is 18.8 Å². The fourth-order valence-electron chi connectivity index (χ4n) is 2.70. The number of anilines is 2. The highest BCUT2D eigenvalue weighted by atomic mass is 16.6. The fourth-order valence-corrected chi connectivity index (χ4v) is 2.70. The van der Waals surface area contributed by atoms with Crippen LogP contribution in [0.15, 0.2) is 24.3 Å². The Bertz CT molecular complexity index is 666. The molecule has 2 amide bonds. The van der Waals surface area contributed by atoms with Crippen LogP contribution in [-0.2, 0) is 9.53 Å². The first-order valence-corrected chi connectivity index (χ1v) is 8.78. The second-order valence-corrected chi connectivity index (χ2v) is 7.35. The molecule has 0 atom stereocenters. The van der Waals surface area contributed by atoms with Gasteiger partial charge in [0.25, 0.3) is 0 Å². The molecular weight excluding hydrogens is 332 g/mol. The van der Waals surface area contributed by atoms with Crippen molar-refractivity contribution in [2.45, 2.75) is 51.7 Å². The monoisotopic (exact) mass is 358 g/mol. The minimum atomic E-state index is -0.476. The number of nitriles is 1. The van der Waals surface area contributed by atoms with Crippen LogP contribution < -0.4 is 10.6 Å². The van der Waals surface area contributed by atoms with Gasteiger partial charge in [-0.05, 0) is 57.9 Å². The van der Waals surface area contributed by atoms with Gasteiger partial charge >= 0.3 is 6.09 Å². The van der Waals surface area contributed by atoms with E-state index >= 15 is 0 Å². The van der Waals surface area contributed by atoms with Crippen molar-refractivity contribution in [2.24, 2.45) is 0 Å². The number of benzene rings is 1. The van der Waals surface area contributed by atoms with Gasteiger partial charge in [-0.25, -0.2) is 4.79 Å². The first-order chi connectivity index (χ1) is 12.3. The van der Waals surface area contributed by atoms with Crippen LogP contribution in [0.2, 0.25) is 0 Å². The van der Waals surface area contributed by atoms with Crippen LogP contribution in [0.5, 0.6) is 0 Å². The van der Waals surface area contributed by atoms with Crippen LogP contribution in [0.1, 0.15) is 40.0 Å². The van der Waals surface area contributed by atoms with Crippen LogP contribution in [-0.4, -0.2) is 41.6 Å². The Labute approximate surface area is 154 Å². The molecule has 0 bridgehead atoms. The third kappa shape index (κ3) is 6.28. The van der Waals surface area contributed by atoms with E-state index in [1.165, 1.54) is 0 Å². The molecule has 0 saturated carbocycles. The van der Waals surface area contributed by atoms with E-state index < -0.39 is 5.60 Å². The molecule has 2 rings (SSSR count). The van der Waals surface area contributed by atoms with Gasteiger partial charge in [-0.2, -0.15) is 5.26 Å². The lowest BCUT2D eigenvalue weighted by atomic mass is 10.0. The summed E-state index contributed by atoms with van der Waals surface area (Å²) in [5.74, 6) is -0.317. The molecule has 0 radical (unpaired) electrons. The number of nitrogens with one attached hydrogen (secondary N) is 2. The van der Waals surface area contributed by atoms with Gasteiger partial charge in [0.1, 0.15) is 12.0 Å². The average molecular weight is 358 g/mol. The van der Waals surface area contributed by atoms with Gasteiger partial charge in [0.05, 0.1) is 6.07 Å². The van der Waals surface area contributed by atoms with Crippen molar-refractivity contribution in [3.8, 4) is 6.07 Å². The molecule has 7 nitrogen and oxygen atoms in total. The number of ether oxygens (including phenoxy) is 1. The minimum absolute atomic E-state index is 0.157. The largest absolute Gasteiger partial charge is 0.444 e. The number of piperidine rings is 1. The first-order valence-electron chi connectivity index (χ1n) is 8.78. The van der Waals surface area contributed by atoms with Gasteiger partial charge < -0.3 is 20.3 Å². The Kier molecular flexibility index (Phi) is 6.45. The number of carbonyl (C=O) groups excluding carboxylic acids is 2. The predicted octanol–water partition coefficient (Wildman–Crippen LogP) is 3.35. The summed E-state index contributed by atoms with van der Waals surface area (Å²) in [5, 5.41) is 14.6. The number of likely N-dealkylation sites (tertiary alicyclic amines) is 1. The Morgan fingerprint density at radius 3 is 2.31 bits per heavy atom. The van der Waals surface area contributed by atoms with E-state index in [-0.39, 0.29) is 24.5 Å². The van der Waals surface area contributed by atoms with Crippen molar-refractivity contribution in [1.82, 2.24) is 4.90 Å². The lowest BCUT2D eigenvalue weighted by Crippen LogP contribution is -2.44. The predicted molar refractivity (Wildman–Crippen MR) is 99.8 cm³/mol. The third-order valence-electron chi connectivity index (χ3n) is 3.93. The summed E-state index contributed by atoms with van der Waals surface area (Å²) in [7, 11) is 0. The Morgan fingerprint density at radius 2 is 1.77 bits per heavy atom.